The lowest BCUT2D eigenvalue weighted by Gasteiger charge is -2.29. The molecular weight excluding hydrogens is 795 g/mol. The Morgan fingerprint density at radius 3 is 0.500 bits per heavy atom. The highest BCUT2D eigenvalue weighted by Crippen LogP contribution is 2.37. The van der Waals surface area contributed by atoms with Gasteiger partial charge < -0.3 is 0 Å². The lowest BCUT2D eigenvalue weighted by Crippen LogP contribution is -2.48. The highest BCUT2D eigenvalue weighted by Gasteiger charge is 2.27. The summed E-state index contributed by atoms with van der Waals surface area (Å²) in [6.07, 6.45) is 0. The molecule has 0 N–H and O–H groups in total. The molecular formula is C50H48B18. The van der Waals surface area contributed by atoms with Crippen LogP contribution in [0.25, 0.3) is 109 Å². The standard InChI is InChI=1S/C50H48B18/c51-33-19(25-21-23-29(39(57)35(25)53)45(63)49(67)47(65)31(23)43(61)41(59)27(21)37(33)55)17-9-5-15(6-10-17)13-1-2-14(4-3-13)16-7-11-18(12-8-16)20-26-22-24-30(40(58)36(26)54)46(64)50(68)48(66)32(24)44(62)42(60)28(22)38(56)34(20)52/h1-12H,51-68H2. The Hall–Kier alpha value is -5.33. The zero-order valence-electron chi connectivity index (χ0n) is 43.9. The van der Waals surface area contributed by atoms with Crippen LogP contribution in [0.15, 0.2) is 72.8 Å². The molecule has 0 fully saturated rings. The van der Waals surface area contributed by atoms with Gasteiger partial charge in [0.05, 0.1) is 0 Å². The Labute approximate surface area is 418 Å². The first-order chi connectivity index (χ1) is 32.3. The molecule has 11 aromatic carbocycles. The minimum Gasteiger partial charge on any atom is -0.100 e. The van der Waals surface area contributed by atoms with Crippen molar-refractivity contribution in [2.45, 2.75) is 0 Å². The molecule has 11 rings (SSSR count). The average Bonchev–Trinajstić information content (AvgIpc) is 3.33. The van der Waals surface area contributed by atoms with Gasteiger partial charge in [-0.1, -0.05) is 160 Å². The van der Waals surface area contributed by atoms with Crippen molar-refractivity contribution in [2.24, 2.45) is 0 Å². The van der Waals surface area contributed by atoms with Crippen LogP contribution in [0.2, 0.25) is 0 Å². The second-order valence-corrected chi connectivity index (χ2v) is 21.2. The van der Waals surface area contributed by atoms with Crippen molar-refractivity contribution in [1.29, 1.82) is 0 Å². The lowest BCUT2D eigenvalue weighted by molar-refractivity contribution is 1.59. The van der Waals surface area contributed by atoms with Gasteiger partial charge in [0.1, 0.15) is 141 Å². The normalized spacial score (nSPS) is 12.0. The van der Waals surface area contributed by atoms with E-state index in [0.29, 0.717) is 0 Å². The molecule has 0 nitrogen and oxygen atoms in total. The van der Waals surface area contributed by atoms with Crippen molar-refractivity contribution in [3.63, 3.8) is 0 Å². The first-order valence-corrected chi connectivity index (χ1v) is 25.0. The molecule has 0 aromatic heterocycles. The van der Waals surface area contributed by atoms with E-state index in [1.54, 1.807) is 0 Å². The van der Waals surface area contributed by atoms with Gasteiger partial charge in [0.15, 0.2) is 0 Å². The van der Waals surface area contributed by atoms with E-state index in [0.717, 1.165) is 0 Å². The molecule has 0 heterocycles. The molecule has 0 aliphatic heterocycles. The number of rotatable bonds is 4. The maximum absolute atomic E-state index is 2.37. The highest BCUT2D eigenvalue weighted by atomic mass is 14.3. The third-order valence-corrected chi connectivity index (χ3v) is 18.5. The van der Waals surface area contributed by atoms with Gasteiger partial charge in [-0.25, -0.2) is 0 Å². The minimum atomic E-state index is 1.23. The first kappa shape index (κ1) is 45.1. The molecule has 11 aromatic rings. The summed E-state index contributed by atoms with van der Waals surface area (Å²) in [5.74, 6) is 0. The quantitative estimate of drug-likeness (QED) is 0.122. The van der Waals surface area contributed by atoms with E-state index in [2.05, 4.69) is 214 Å². The summed E-state index contributed by atoms with van der Waals surface area (Å²) in [7, 11) is 42.2. The van der Waals surface area contributed by atoms with Crippen LogP contribution in [0.3, 0.4) is 0 Å². The van der Waals surface area contributed by atoms with Crippen molar-refractivity contribution in [1.82, 2.24) is 0 Å². The molecule has 0 aliphatic carbocycles. The smallest absolute Gasteiger partial charge is 0.100 e. The summed E-state index contributed by atoms with van der Waals surface area (Å²) >= 11 is 0. The Morgan fingerprint density at radius 1 is 0.132 bits per heavy atom. The molecule has 0 atom stereocenters. The maximum Gasteiger partial charge on any atom is 0.139 e. The summed E-state index contributed by atoms with van der Waals surface area (Å²) < 4.78 is 0. The van der Waals surface area contributed by atoms with Gasteiger partial charge in [-0.3, -0.25) is 0 Å². The van der Waals surface area contributed by atoms with E-state index in [4.69, 9.17) is 0 Å². The van der Waals surface area contributed by atoms with E-state index >= 15 is 0 Å². The summed E-state index contributed by atoms with van der Waals surface area (Å²) in [4.78, 5) is 0. The highest BCUT2D eigenvalue weighted by molar-refractivity contribution is 6.77. The van der Waals surface area contributed by atoms with E-state index < -0.39 is 0 Å². The topological polar surface area (TPSA) is 0 Å². The molecule has 0 unspecified atom stereocenters. The van der Waals surface area contributed by atoms with E-state index in [1.165, 1.54) is 207 Å². The number of benzene rings is 11. The SMILES string of the molecule is Bc1c(B)c2c(B)c(B)c3c(B)c(B)c(-c4ccc(-c5ccc(-c6ccc(-c7c(B)c(B)c8c(B)c(B)c9c(B)c(B)c(B)c%10c(B)c(B)c7c8c9%10)cc6)cc5)cc4)c4c(B)c(B)c(c1B)c2c34. The largest absolute Gasteiger partial charge is 0.139 e. The fraction of sp³-hybridized carbons (Fsp3) is 0. The number of hydrogen-bond donors (Lipinski definition) is 0. The molecule has 0 spiro atoms. The summed E-state index contributed by atoms with van der Waals surface area (Å²) in [6, 6.07) is 28.0. The minimum absolute atomic E-state index is 1.23. The zero-order valence-corrected chi connectivity index (χ0v) is 43.9. The van der Waals surface area contributed by atoms with Crippen LogP contribution in [0.5, 0.6) is 0 Å². The van der Waals surface area contributed by atoms with Crippen LogP contribution in [-0.2, 0) is 0 Å². The molecule has 0 bridgehead atoms. The number of hydrogen-bond acceptors (Lipinski definition) is 0. The third-order valence-electron chi connectivity index (χ3n) is 18.5. The van der Waals surface area contributed by atoms with Crippen LogP contribution in [0, 0.1) is 0 Å². The Kier molecular flexibility index (Phi) is 10.3. The second-order valence-electron chi connectivity index (χ2n) is 21.2. The maximum atomic E-state index is 2.37. The van der Waals surface area contributed by atoms with Gasteiger partial charge in [0.2, 0.25) is 0 Å². The van der Waals surface area contributed by atoms with Gasteiger partial charge >= 0.3 is 0 Å². The van der Waals surface area contributed by atoms with Crippen LogP contribution in [-0.4, -0.2) is 141 Å². The van der Waals surface area contributed by atoms with Crippen LogP contribution in [0.4, 0.5) is 0 Å². The molecule has 0 saturated heterocycles. The van der Waals surface area contributed by atoms with Crippen LogP contribution < -0.4 is 98.3 Å². The predicted octanol–water partition coefficient (Wildman–Crippen LogP) is -17.2. The van der Waals surface area contributed by atoms with Crippen molar-refractivity contribution in [2.75, 3.05) is 0 Å². The molecule has 0 radical (unpaired) electrons. The third kappa shape index (κ3) is 5.82. The van der Waals surface area contributed by atoms with Gasteiger partial charge in [-0.15, -0.1) is 10.9 Å². The Balaban J connectivity index is 0.977. The van der Waals surface area contributed by atoms with Crippen molar-refractivity contribution >= 4 is 304 Å². The van der Waals surface area contributed by atoms with Crippen LogP contribution in [0.1, 0.15) is 0 Å². The molecule has 0 aliphatic rings. The van der Waals surface area contributed by atoms with E-state index in [1.807, 2.05) is 0 Å². The lowest BCUT2D eigenvalue weighted by atomic mass is 9.58. The van der Waals surface area contributed by atoms with Crippen molar-refractivity contribution in [3.05, 3.63) is 72.8 Å². The van der Waals surface area contributed by atoms with Gasteiger partial charge in [0, 0.05) is 0 Å². The van der Waals surface area contributed by atoms with Crippen molar-refractivity contribution in [3.8, 4) is 44.5 Å². The summed E-state index contributed by atoms with van der Waals surface area (Å²) in [5.41, 5.74) is 35.7. The Bertz CT molecular complexity index is 3760. The molecule has 18 heteroatoms. The van der Waals surface area contributed by atoms with Crippen LogP contribution >= 0.6 is 0 Å². The zero-order chi connectivity index (χ0) is 48.4. The molecule has 0 amide bonds. The summed E-state index contributed by atoms with van der Waals surface area (Å²) in [6.45, 7) is 0. The molecule has 302 valence electrons. The second kappa shape index (κ2) is 15.6. The first-order valence-electron chi connectivity index (χ1n) is 25.0. The van der Waals surface area contributed by atoms with Crippen molar-refractivity contribution < 1.29 is 0 Å². The Morgan fingerprint density at radius 2 is 0.279 bits per heavy atom. The van der Waals surface area contributed by atoms with Gasteiger partial charge in [-0.05, 0) is 109 Å². The fourth-order valence-corrected chi connectivity index (χ4v) is 13.6. The monoisotopic (exact) mass is 847 g/mol. The van der Waals surface area contributed by atoms with Gasteiger partial charge in [0.25, 0.3) is 0 Å². The predicted molar refractivity (Wildman–Crippen MR) is 363 cm³/mol. The van der Waals surface area contributed by atoms with E-state index in [9.17, 15) is 0 Å². The molecule has 68 heavy (non-hydrogen) atoms. The van der Waals surface area contributed by atoms with E-state index in [-0.39, 0.29) is 0 Å². The summed E-state index contributed by atoms with van der Waals surface area (Å²) in [5, 5.41) is 17.4. The van der Waals surface area contributed by atoms with Gasteiger partial charge in [-0.2, -0.15) is 0 Å². The molecule has 0 saturated carbocycles. The fourth-order valence-electron chi connectivity index (χ4n) is 13.6. The average molecular weight is 844 g/mol.